The van der Waals surface area contributed by atoms with Crippen LogP contribution in [0, 0.1) is 5.82 Å². The number of halogens is 2. The van der Waals surface area contributed by atoms with Crippen LogP contribution in [-0.2, 0) is 11.2 Å². The Morgan fingerprint density at radius 2 is 2.00 bits per heavy atom. The highest BCUT2D eigenvalue weighted by atomic mass is 35.5. The third kappa shape index (κ3) is 4.45. The summed E-state index contributed by atoms with van der Waals surface area (Å²) in [6.45, 7) is 0. The lowest BCUT2D eigenvalue weighted by Crippen LogP contribution is -2.14. The molecule has 0 spiro atoms. The number of amides is 2. The van der Waals surface area contributed by atoms with Crippen LogP contribution in [0.1, 0.15) is 22.3 Å². The quantitative estimate of drug-likeness (QED) is 0.839. The van der Waals surface area contributed by atoms with Crippen molar-refractivity contribution in [3.05, 3.63) is 58.4 Å². The zero-order valence-electron chi connectivity index (χ0n) is 12.9. The van der Waals surface area contributed by atoms with Crippen molar-refractivity contribution in [2.45, 2.75) is 12.8 Å². The second-order valence-electron chi connectivity index (χ2n) is 5.08. The molecule has 24 heavy (non-hydrogen) atoms. The van der Waals surface area contributed by atoms with Gasteiger partial charge in [0.15, 0.2) is 11.6 Å². The number of nitrogens with one attached hydrogen (secondary N) is 1. The van der Waals surface area contributed by atoms with E-state index in [1.807, 2.05) is 0 Å². The van der Waals surface area contributed by atoms with Gasteiger partial charge in [0.05, 0.1) is 17.7 Å². The van der Waals surface area contributed by atoms with Crippen molar-refractivity contribution in [3.8, 4) is 5.75 Å². The van der Waals surface area contributed by atoms with Gasteiger partial charge in [-0.2, -0.15) is 0 Å². The standard InChI is InChI=1S/C17H16ClFN2O3/c1-24-15-6-2-10(8-14(15)19)3-7-16(22)21-11-4-5-12(17(20)23)13(18)9-11/h2,4-6,8-9H,3,7H2,1H3,(H2,20,23)(H,21,22). The van der Waals surface area contributed by atoms with E-state index in [-0.39, 0.29) is 28.7 Å². The fraction of sp³-hybridized carbons (Fsp3) is 0.176. The molecule has 126 valence electrons. The molecule has 0 atom stereocenters. The maximum atomic E-state index is 13.6. The molecule has 2 aromatic carbocycles. The van der Waals surface area contributed by atoms with Crippen LogP contribution in [-0.4, -0.2) is 18.9 Å². The summed E-state index contributed by atoms with van der Waals surface area (Å²) in [4.78, 5) is 23.1. The molecule has 2 aromatic rings. The zero-order valence-corrected chi connectivity index (χ0v) is 13.7. The number of methoxy groups -OCH3 is 1. The van der Waals surface area contributed by atoms with E-state index in [2.05, 4.69) is 5.32 Å². The van der Waals surface area contributed by atoms with Gasteiger partial charge in [0, 0.05) is 12.1 Å². The fourth-order valence-corrected chi connectivity index (χ4v) is 2.41. The van der Waals surface area contributed by atoms with Crippen molar-refractivity contribution < 1.29 is 18.7 Å². The van der Waals surface area contributed by atoms with Gasteiger partial charge in [0.25, 0.3) is 0 Å². The van der Waals surface area contributed by atoms with Gasteiger partial charge in [-0.05, 0) is 42.3 Å². The first kappa shape index (κ1) is 17.7. The molecule has 0 saturated heterocycles. The predicted octanol–water partition coefficient (Wildman–Crippen LogP) is 3.16. The van der Waals surface area contributed by atoms with Gasteiger partial charge in [0.2, 0.25) is 11.8 Å². The first-order valence-corrected chi connectivity index (χ1v) is 7.50. The van der Waals surface area contributed by atoms with Crippen LogP contribution < -0.4 is 15.8 Å². The largest absolute Gasteiger partial charge is 0.494 e. The smallest absolute Gasteiger partial charge is 0.250 e. The SMILES string of the molecule is COc1ccc(CCC(=O)Nc2ccc(C(N)=O)c(Cl)c2)cc1F. The normalized spacial score (nSPS) is 10.3. The Morgan fingerprint density at radius 3 is 2.58 bits per heavy atom. The molecule has 2 rings (SSSR count). The molecule has 0 bridgehead atoms. The molecule has 3 N–H and O–H groups in total. The third-order valence-electron chi connectivity index (χ3n) is 3.38. The minimum Gasteiger partial charge on any atom is -0.494 e. The number of hydrogen-bond donors (Lipinski definition) is 2. The van der Waals surface area contributed by atoms with Crippen molar-refractivity contribution in [1.29, 1.82) is 0 Å². The molecular weight excluding hydrogens is 335 g/mol. The number of ether oxygens (including phenoxy) is 1. The van der Waals surface area contributed by atoms with Crippen LogP contribution in [0.4, 0.5) is 10.1 Å². The number of anilines is 1. The molecule has 0 unspecified atom stereocenters. The lowest BCUT2D eigenvalue weighted by molar-refractivity contribution is -0.116. The molecule has 0 saturated carbocycles. The molecule has 0 aliphatic rings. The molecule has 2 amide bonds. The number of carbonyl (C=O) groups excluding carboxylic acids is 2. The van der Waals surface area contributed by atoms with Crippen molar-refractivity contribution in [2.75, 3.05) is 12.4 Å². The zero-order chi connectivity index (χ0) is 17.7. The lowest BCUT2D eigenvalue weighted by atomic mass is 10.1. The van der Waals surface area contributed by atoms with Crippen LogP contribution in [0.25, 0.3) is 0 Å². The number of primary amides is 1. The Morgan fingerprint density at radius 1 is 1.25 bits per heavy atom. The summed E-state index contributed by atoms with van der Waals surface area (Å²) < 4.78 is 18.4. The first-order chi connectivity index (χ1) is 11.4. The van der Waals surface area contributed by atoms with Gasteiger partial charge in [-0.1, -0.05) is 17.7 Å². The molecule has 0 aliphatic carbocycles. The van der Waals surface area contributed by atoms with Crippen LogP contribution >= 0.6 is 11.6 Å². The summed E-state index contributed by atoms with van der Waals surface area (Å²) in [6, 6.07) is 8.99. The number of aryl methyl sites for hydroxylation is 1. The third-order valence-corrected chi connectivity index (χ3v) is 3.69. The van der Waals surface area contributed by atoms with Crippen LogP contribution in [0.15, 0.2) is 36.4 Å². The summed E-state index contributed by atoms with van der Waals surface area (Å²) in [6.07, 6.45) is 0.542. The van der Waals surface area contributed by atoms with Gasteiger partial charge >= 0.3 is 0 Å². The minimum atomic E-state index is -0.639. The Labute approximate surface area is 143 Å². The summed E-state index contributed by atoms with van der Waals surface area (Å²) in [5.41, 5.74) is 6.48. The van der Waals surface area contributed by atoms with Gasteiger partial charge in [-0.25, -0.2) is 4.39 Å². The maximum Gasteiger partial charge on any atom is 0.250 e. The number of nitrogens with two attached hydrogens (primary N) is 1. The van der Waals surface area contributed by atoms with E-state index >= 15 is 0 Å². The Balaban J connectivity index is 1.95. The molecule has 0 aromatic heterocycles. The van der Waals surface area contributed by atoms with Crippen LogP contribution in [0.2, 0.25) is 5.02 Å². The van der Waals surface area contributed by atoms with E-state index in [0.717, 1.165) is 0 Å². The maximum absolute atomic E-state index is 13.6. The van der Waals surface area contributed by atoms with Crippen molar-refractivity contribution >= 4 is 29.1 Å². The van der Waals surface area contributed by atoms with Gasteiger partial charge in [-0.15, -0.1) is 0 Å². The molecule has 0 fully saturated rings. The highest BCUT2D eigenvalue weighted by molar-refractivity contribution is 6.34. The van der Waals surface area contributed by atoms with E-state index < -0.39 is 11.7 Å². The molecular formula is C17H16ClFN2O3. The highest BCUT2D eigenvalue weighted by Gasteiger charge is 2.10. The van der Waals surface area contributed by atoms with Gasteiger partial charge in [0.1, 0.15) is 0 Å². The highest BCUT2D eigenvalue weighted by Crippen LogP contribution is 2.21. The second kappa shape index (κ2) is 7.79. The minimum absolute atomic E-state index is 0.160. The first-order valence-electron chi connectivity index (χ1n) is 7.12. The lowest BCUT2D eigenvalue weighted by Gasteiger charge is -2.08. The summed E-state index contributed by atoms with van der Waals surface area (Å²) in [5, 5.41) is 2.83. The average molecular weight is 351 g/mol. The summed E-state index contributed by atoms with van der Waals surface area (Å²) >= 11 is 5.92. The van der Waals surface area contributed by atoms with Crippen LogP contribution in [0.5, 0.6) is 5.75 Å². The molecule has 0 radical (unpaired) electrons. The summed E-state index contributed by atoms with van der Waals surface area (Å²) in [5.74, 6) is -1.20. The second-order valence-corrected chi connectivity index (χ2v) is 5.48. The van der Waals surface area contributed by atoms with Crippen molar-refractivity contribution in [1.82, 2.24) is 0 Å². The number of rotatable bonds is 6. The van der Waals surface area contributed by atoms with E-state index in [9.17, 15) is 14.0 Å². The molecule has 7 heteroatoms. The molecule has 0 heterocycles. The monoisotopic (exact) mass is 350 g/mol. The van der Waals surface area contributed by atoms with Gasteiger partial charge in [-0.3, -0.25) is 9.59 Å². The summed E-state index contributed by atoms with van der Waals surface area (Å²) in [7, 11) is 1.39. The topological polar surface area (TPSA) is 81.4 Å². The van der Waals surface area contributed by atoms with Crippen molar-refractivity contribution in [3.63, 3.8) is 0 Å². The van der Waals surface area contributed by atoms with E-state index in [1.165, 1.54) is 37.4 Å². The average Bonchev–Trinajstić information content (AvgIpc) is 2.52. The van der Waals surface area contributed by atoms with E-state index in [4.69, 9.17) is 22.1 Å². The fourth-order valence-electron chi connectivity index (χ4n) is 2.14. The molecule has 0 aliphatic heterocycles. The van der Waals surface area contributed by atoms with Gasteiger partial charge < -0.3 is 15.8 Å². The predicted molar refractivity (Wildman–Crippen MR) is 89.9 cm³/mol. The van der Waals surface area contributed by atoms with E-state index in [0.29, 0.717) is 17.7 Å². The Kier molecular flexibility index (Phi) is 5.76. The number of carbonyl (C=O) groups is 2. The molecule has 5 nitrogen and oxygen atoms in total. The van der Waals surface area contributed by atoms with Crippen molar-refractivity contribution in [2.24, 2.45) is 5.73 Å². The Hall–Kier alpha value is -2.60. The number of benzene rings is 2. The number of hydrogen-bond acceptors (Lipinski definition) is 3. The van der Waals surface area contributed by atoms with Crippen LogP contribution in [0.3, 0.4) is 0 Å². The Bertz CT molecular complexity index is 780. The van der Waals surface area contributed by atoms with E-state index in [1.54, 1.807) is 6.07 Å².